The summed E-state index contributed by atoms with van der Waals surface area (Å²) in [6.07, 6.45) is 2.21. The van der Waals surface area contributed by atoms with Crippen molar-refractivity contribution in [3.8, 4) is 11.3 Å². The molecule has 0 radical (unpaired) electrons. The average Bonchev–Trinajstić information content (AvgIpc) is 3.39. The smallest absolute Gasteiger partial charge is 0.419 e. The van der Waals surface area contributed by atoms with Crippen LogP contribution in [-0.4, -0.2) is 20.7 Å². The Morgan fingerprint density at radius 2 is 2.00 bits per heavy atom. The third kappa shape index (κ3) is 5.12. The van der Waals surface area contributed by atoms with Gasteiger partial charge in [0.1, 0.15) is 17.9 Å². The van der Waals surface area contributed by atoms with E-state index in [2.05, 4.69) is 15.0 Å². The number of carbonyl (C=O) groups excluding carboxylic acids is 1. The largest absolute Gasteiger partial charge is 0.442 e. The molecule has 1 atom stereocenters. The standard InChI is InChI=1S/C20H20F4N4O2/c21-17-12(5-4-6-13(17)20(22,23)24)15-11-27-18(28-15)14(25)7-2-1-3-8-16(29)19-26-9-10-30-19/h4-6,9-11,14H,1-3,7-8,25H2,(H,27,28)/t14-/m0/s1. The number of hydrogen-bond donors (Lipinski definition) is 2. The Morgan fingerprint density at radius 3 is 2.70 bits per heavy atom. The van der Waals surface area contributed by atoms with Crippen LogP contribution in [0.1, 0.15) is 60.2 Å². The molecule has 0 saturated carbocycles. The lowest BCUT2D eigenvalue weighted by Gasteiger charge is -2.11. The number of aromatic nitrogens is 3. The fourth-order valence-corrected chi connectivity index (χ4v) is 3.05. The molecule has 3 N–H and O–H groups in total. The van der Waals surface area contributed by atoms with Gasteiger partial charge in [-0.1, -0.05) is 18.9 Å². The first-order chi connectivity index (χ1) is 14.3. The van der Waals surface area contributed by atoms with E-state index < -0.39 is 23.6 Å². The predicted octanol–water partition coefficient (Wildman–Crippen LogP) is 5.06. The molecule has 0 aliphatic carbocycles. The minimum atomic E-state index is -4.78. The summed E-state index contributed by atoms with van der Waals surface area (Å²) in [4.78, 5) is 22.5. The Morgan fingerprint density at radius 1 is 1.20 bits per heavy atom. The lowest BCUT2D eigenvalue weighted by Crippen LogP contribution is -2.12. The van der Waals surface area contributed by atoms with Gasteiger partial charge in [0, 0.05) is 12.0 Å². The maximum absolute atomic E-state index is 14.3. The quantitative estimate of drug-likeness (QED) is 0.284. The summed E-state index contributed by atoms with van der Waals surface area (Å²) < 4.78 is 57.9. The third-order valence-electron chi connectivity index (χ3n) is 4.63. The van der Waals surface area contributed by atoms with Gasteiger partial charge in [0.2, 0.25) is 5.78 Å². The molecule has 2 heterocycles. The van der Waals surface area contributed by atoms with Gasteiger partial charge >= 0.3 is 6.18 Å². The highest BCUT2D eigenvalue weighted by Crippen LogP contribution is 2.35. The third-order valence-corrected chi connectivity index (χ3v) is 4.63. The highest BCUT2D eigenvalue weighted by Gasteiger charge is 2.35. The van der Waals surface area contributed by atoms with Crippen molar-refractivity contribution in [1.82, 2.24) is 15.0 Å². The Hall–Kier alpha value is -3.01. The summed E-state index contributed by atoms with van der Waals surface area (Å²) in [5.74, 6) is -1.07. The van der Waals surface area contributed by atoms with Crippen LogP contribution in [0.5, 0.6) is 0 Å². The van der Waals surface area contributed by atoms with Gasteiger partial charge < -0.3 is 15.1 Å². The summed E-state index contributed by atoms with van der Waals surface area (Å²) in [5, 5.41) is 0. The van der Waals surface area contributed by atoms with Crippen molar-refractivity contribution < 1.29 is 26.8 Å². The second kappa shape index (κ2) is 9.21. The molecule has 160 valence electrons. The number of unbranched alkanes of at least 4 members (excludes halogenated alkanes) is 2. The van der Waals surface area contributed by atoms with Crippen molar-refractivity contribution >= 4 is 5.78 Å². The van der Waals surface area contributed by atoms with Gasteiger partial charge in [0.25, 0.3) is 5.89 Å². The van der Waals surface area contributed by atoms with Gasteiger partial charge in [-0.2, -0.15) is 13.2 Å². The van der Waals surface area contributed by atoms with E-state index in [1.165, 1.54) is 24.7 Å². The number of hydrogen-bond acceptors (Lipinski definition) is 5. The van der Waals surface area contributed by atoms with Crippen LogP contribution in [-0.2, 0) is 6.18 Å². The Labute approximate surface area is 169 Å². The SMILES string of the molecule is N[C@@H](CCCCCC(=O)c1ncco1)c1ncc(-c2cccc(C(F)(F)F)c2F)[nH]1. The fourth-order valence-electron chi connectivity index (χ4n) is 3.05. The summed E-state index contributed by atoms with van der Waals surface area (Å²) in [7, 11) is 0. The number of rotatable bonds is 9. The molecule has 30 heavy (non-hydrogen) atoms. The number of halogens is 4. The summed E-state index contributed by atoms with van der Waals surface area (Å²) in [5.41, 5.74) is 4.65. The zero-order valence-corrected chi connectivity index (χ0v) is 15.9. The van der Waals surface area contributed by atoms with Crippen LogP contribution in [0.4, 0.5) is 17.6 Å². The second-order valence-electron chi connectivity index (χ2n) is 6.81. The molecule has 2 aromatic heterocycles. The average molecular weight is 424 g/mol. The van der Waals surface area contributed by atoms with Crippen LogP contribution in [0.3, 0.4) is 0 Å². The molecule has 0 bridgehead atoms. The van der Waals surface area contributed by atoms with Gasteiger partial charge in [0.05, 0.1) is 29.7 Å². The zero-order chi connectivity index (χ0) is 21.7. The summed E-state index contributed by atoms with van der Waals surface area (Å²) in [6, 6.07) is 2.59. The number of carbonyl (C=O) groups is 1. The first-order valence-corrected chi connectivity index (χ1v) is 9.36. The Kier molecular flexibility index (Phi) is 6.66. The first-order valence-electron chi connectivity index (χ1n) is 9.36. The van der Waals surface area contributed by atoms with Crippen LogP contribution >= 0.6 is 0 Å². The molecule has 0 saturated heterocycles. The van der Waals surface area contributed by atoms with Crippen molar-refractivity contribution in [2.75, 3.05) is 0 Å². The lowest BCUT2D eigenvalue weighted by molar-refractivity contribution is -0.139. The molecule has 0 amide bonds. The highest BCUT2D eigenvalue weighted by atomic mass is 19.4. The number of Topliss-reactive ketones (excluding diaryl/α,β-unsaturated/α-hetero) is 1. The minimum Gasteiger partial charge on any atom is -0.442 e. The van der Waals surface area contributed by atoms with Crippen molar-refractivity contribution in [3.05, 3.63) is 60.0 Å². The normalized spacial score (nSPS) is 12.8. The van der Waals surface area contributed by atoms with E-state index >= 15 is 0 Å². The number of nitrogens with two attached hydrogens (primary N) is 1. The first kappa shape index (κ1) is 21.7. The van der Waals surface area contributed by atoms with E-state index in [9.17, 15) is 22.4 Å². The Balaban J connectivity index is 1.53. The number of alkyl halides is 3. The van der Waals surface area contributed by atoms with E-state index in [1.54, 1.807) is 0 Å². The number of nitrogens with zero attached hydrogens (tertiary/aromatic N) is 2. The van der Waals surface area contributed by atoms with E-state index in [1.807, 2.05) is 0 Å². The summed E-state index contributed by atoms with van der Waals surface area (Å²) >= 11 is 0. The zero-order valence-electron chi connectivity index (χ0n) is 15.9. The highest BCUT2D eigenvalue weighted by molar-refractivity contribution is 5.91. The lowest BCUT2D eigenvalue weighted by atomic mass is 10.1. The van der Waals surface area contributed by atoms with Crippen molar-refractivity contribution in [1.29, 1.82) is 0 Å². The molecule has 6 nitrogen and oxygen atoms in total. The van der Waals surface area contributed by atoms with Gasteiger partial charge in [-0.25, -0.2) is 14.4 Å². The minimum absolute atomic E-state index is 0.0941. The maximum Gasteiger partial charge on any atom is 0.419 e. The molecule has 0 aliphatic heterocycles. The molecule has 0 unspecified atom stereocenters. The van der Waals surface area contributed by atoms with Gasteiger partial charge in [-0.3, -0.25) is 4.79 Å². The van der Waals surface area contributed by atoms with Crippen LogP contribution in [0.2, 0.25) is 0 Å². The van der Waals surface area contributed by atoms with Gasteiger partial charge in [0.15, 0.2) is 0 Å². The molecule has 0 fully saturated rings. The Bertz CT molecular complexity index is 983. The van der Waals surface area contributed by atoms with Crippen LogP contribution in [0.15, 0.2) is 41.3 Å². The molecular formula is C20H20F4N4O2. The van der Waals surface area contributed by atoms with Crippen LogP contribution in [0.25, 0.3) is 11.3 Å². The molecule has 0 spiro atoms. The van der Waals surface area contributed by atoms with Crippen molar-refractivity contribution in [2.45, 2.75) is 44.3 Å². The van der Waals surface area contributed by atoms with Crippen molar-refractivity contribution in [3.63, 3.8) is 0 Å². The molecule has 1 aromatic carbocycles. The number of nitrogens with one attached hydrogen (secondary N) is 1. The van der Waals surface area contributed by atoms with Gasteiger partial charge in [-0.05, 0) is 25.0 Å². The van der Waals surface area contributed by atoms with E-state index in [4.69, 9.17) is 10.2 Å². The summed E-state index contributed by atoms with van der Waals surface area (Å²) in [6.45, 7) is 0. The number of oxazole rings is 1. The number of ketones is 1. The molecule has 3 rings (SSSR count). The van der Waals surface area contributed by atoms with Crippen LogP contribution in [0, 0.1) is 5.82 Å². The van der Waals surface area contributed by atoms with Gasteiger partial charge in [-0.15, -0.1) is 0 Å². The fraction of sp³-hybridized carbons (Fsp3) is 0.350. The molecule has 10 heteroatoms. The number of H-pyrrole nitrogens is 1. The van der Waals surface area contributed by atoms with E-state index in [0.717, 1.165) is 12.5 Å². The van der Waals surface area contributed by atoms with E-state index in [-0.39, 0.29) is 22.9 Å². The van der Waals surface area contributed by atoms with E-state index in [0.29, 0.717) is 37.6 Å². The topological polar surface area (TPSA) is 97.8 Å². The number of benzene rings is 1. The maximum atomic E-state index is 14.3. The van der Waals surface area contributed by atoms with Crippen LogP contribution < -0.4 is 5.73 Å². The predicted molar refractivity (Wildman–Crippen MR) is 99.8 cm³/mol. The van der Waals surface area contributed by atoms with Crippen molar-refractivity contribution in [2.24, 2.45) is 5.73 Å². The molecular weight excluding hydrogens is 404 g/mol. The number of imidazole rings is 1. The monoisotopic (exact) mass is 424 g/mol. The second-order valence-corrected chi connectivity index (χ2v) is 6.81. The molecule has 3 aromatic rings. The number of aromatic amines is 1. The molecule has 0 aliphatic rings.